The van der Waals surface area contributed by atoms with E-state index < -0.39 is 0 Å². The molecule has 1 saturated heterocycles. The Morgan fingerprint density at radius 1 is 0.976 bits per heavy atom. The lowest BCUT2D eigenvalue weighted by Gasteiger charge is -2.44. The summed E-state index contributed by atoms with van der Waals surface area (Å²) in [7, 11) is 0. The number of nitrogens with one attached hydrogen (secondary N) is 1. The number of carbonyl (C=O) groups is 2. The second-order valence-corrected chi connectivity index (χ2v) is 13.4. The van der Waals surface area contributed by atoms with Crippen LogP contribution in [0.3, 0.4) is 0 Å². The molecule has 2 unspecified atom stereocenters. The van der Waals surface area contributed by atoms with Gasteiger partial charge in [-0.1, -0.05) is 75.4 Å². The van der Waals surface area contributed by atoms with Gasteiger partial charge in [-0.25, -0.2) is 0 Å². The molecule has 1 saturated carbocycles. The maximum atomic E-state index is 13.8. The lowest BCUT2D eigenvalue weighted by Crippen LogP contribution is -2.50. The van der Waals surface area contributed by atoms with Gasteiger partial charge in [0.15, 0.2) is 0 Å². The Labute approximate surface area is 258 Å². The maximum Gasteiger partial charge on any atom is 0.260 e. The molecular formula is C36H51N3O2S. The summed E-state index contributed by atoms with van der Waals surface area (Å²) in [4.78, 5) is 32.1. The number of aryl methyl sites for hydroxylation is 2. The van der Waals surface area contributed by atoms with E-state index in [0.29, 0.717) is 29.9 Å². The summed E-state index contributed by atoms with van der Waals surface area (Å²) in [5.74, 6) is 0.105. The molecule has 2 aliphatic rings. The first-order valence-corrected chi connectivity index (χ1v) is 17.1. The monoisotopic (exact) mass is 589 g/mol. The second kappa shape index (κ2) is 16.3. The molecule has 0 bridgehead atoms. The van der Waals surface area contributed by atoms with Gasteiger partial charge in [-0.15, -0.1) is 11.8 Å². The molecule has 0 spiro atoms. The van der Waals surface area contributed by atoms with Gasteiger partial charge in [-0.05, 0) is 100 Å². The minimum absolute atomic E-state index is 0.0317. The number of fused-ring (bicyclic) bond motifs is 1. The van der Waals surface area contributed by atoms with E-state index in [0.717, 1.165) is 49.4 Å². The summed E-state index contributed by atoms with van der Waals surface area (Å²) >= 11 is 1.76. The van der Waals surface area contributed by atoms with Crippen molar-refractivity contribution in [1.82, 2.24) is 15.1 Å². The predicted octanol–water partition coefficient (Wildman–Crippen LogP) is 7.75. The van der Waals surface area contributed by atoms with Gasteiger partial charge < -0.3 is 15.1 Å². The van der Waals surface area contributed by atoms with E-state index in [2.05, 4.69) is 61.0 Å². The van der Waals surface area contributed by atoms with E-state index in [-0.39, 0.29) is 11.8 Å². The number of thioether (sulfide) groups is 1. The van der Waals surface area contributed by atoms with Crippen LogP contribution < -0.4 is 5.32 Å². The van der Waals surface area contributed by atoms with Crippen molar-refractivity contribution >= 4 is 29.7 Å². The Bertz CT molecular complexity index is 1200. The normalized spacial score (nSPS) is 19.8. The molecule has 1 heterocycles. The van der Waals surface area contributed by atoms with Gasteiger partial charge in [0.2, 0.25) is 0 Å². The number of amides is 2. The fourth-order valence-corrected chi connectivity index (χ4v) is 7.58. The lowest BCUT2D eigenvalue weighted by atomic mass is 9.92. The molecule has 0 radical (unpaired) electrons. The van der Waals surface area contributed by atoms with Crippen molar-refractivity contribution in [2.24, 2.45) is 0 Å². The molecule has 2 fully saturated rings. The van der Waals surface area contributed by atoms with Crippen molar-refractivity contribution in [2.75, 3.05) is 26.2 Å². The van der Waals surface area contributed by atoms with Gasteiger partial charge in [-0.2, -0.15) is 0 Å². The van der Waals surface area contributed by atoms with Crippen molar-refractivity contribution in [3.05, 3.63) is 75.2 Å². The number of hydrogen-bond donors (Lipinski definition) is 1. The van der Waals surface area contributed by atoms with Gasteiger partial charge >= 0.3 is 0 Å². The molecule has 2 aromatic rings. The second-order valence-electron chi connectivity index (χ2n) is 12.2. The van der Waals surface area contributed by atoms with Crippen molar-refractivity contribution in [1.29, 1.82) is 0 Å². The minimum atomic E-state index is -0.0317. The number of hydrogen-bond acceptors (Lipinski definition) is 4. The number of nitrogens with zero attached hydrogens (tertiary/aromatic N) is 2. The third-order valence-electron chi connectivity index (χ3n) is 8.73. The molecular weight excluding hydrogens is 538 g/mol. The fourth-order valence-electron chi connectivity index (χ4n) is 6.10. The largest absolute Gasteiger partial charge is 0.352 e. The van der Waals surface area contributed by atoms with Gasteiger partial charge in [0, 0.05) is 29.9 Å². The van der Waals surface area contributed by atoms with Crippen LogP contribution in [0.5, 0.6) is 0 Å². The van der Waals surface area contributed by atoms with Crippen LogP contribution in [-0.4, -0.2) is 59.1 Å². The molecule has 228 valence electrons. The van der Waals surface area contributed by atoms with E-state index in [1.54, 1.807) is 11.8 Å². The Morgan fingerprint density at radius 2 is 1.67 bits per heavy atom. The highest BCUT2D eigenvalue weighted by molar-refractivity contribution is 8.04. The minimum Gasteiger partial charge on any atom is -0.352 e. The number of unbranched alkanes of at least 4 members (excludes halogenated alkanes) is 2. The summed E-state index contributed by atoms with van der Waals surface area (Å²) in [5.41, 5.74) is 5.34. The topological polar surface area (TPSA) is 52.7 Å². The van der Waals surface area contributed by atoms with Crippen LogP contribution in [0.4, 0.5) is 0 Å². The van der Waals surface area contributed by atoms with Crippen LogP contribution in [0.1, 0.15) is 104 Å². The molecule has 5 nitrogen and oxygen atoms in total. The van der Waals surface area contributed by atoms with E-state index in [1.807, 2.05) is 30.3 Å². The van der Waals surface area contributed by atoms with Crippen molar-refractivity contribution in [3.8, 4) is 0 Å². The average Bonchev–Trinajstić information content (AvgIpc) is 3.00. The first-order valence-electron chi connectivity index (χ1n) is 16.3. The van der Waals surface area contributed by atoms with Gasteiger partial charge in [0.05, 0.1) is 4.91 Å². The smallest absolute Gasteiger partial charge is 0.260 e. The van der Waals surface area contributed by atoms with Crippen LogP contribution in [0.15, 0.2) is 47.4 Å². The third-order valence-corrected chi connectivity index (χ3v) is 10.1. The highest BCUT2D eigenvalue weighted by atomic mass is 32.2. The standard InChI is InChI=1S/C36H51N3O2S/c1-5-7-21-38(22-8-6-2)23-11-20-37-35(40)30-18-16-29(17-19-30)25-34-36(41)39(32-12-9-10-13-33(32)42-34)26-31-24-27(3)14-15-28(31)4/h14-19,24-25,32-33H,5-13,20-23,26H2,1-4H3,(H,37,40)/b34-25-. The third kappa shape index (κ3) is 8.97. The van der Waals surface area contributed by atoms with Crippen molar-refractivity contribution in [2.45, 2.75) is 103 Å². The highest BCUT2D eigenvalue weighted by Crippen LogP contribution is 2.43. The first kappa shape index (κ1) is 32.3. The molecule has 0 aromatic heterocycles. The quantitative estimate of drug-likeness (QED) is 0.181. The van der Waals surface area contributed by atoms with Crippen LogP contribution in [0.2, 0.25) is 0 Å². The summed E-state index contributed by atoms with van der Waals surface area (Å²) in [6.45, 7) is 13.4. The Balaban J connectivity index is 1.37. The van der Waals surface area contributed by atoms with Crippen LogP contribution in [0.25, 0.3) is 6.08 Å². The Morgan fingerprint density at radius 3 is 2.38 bits per heavy atom. The predicted molar refractivity (Wildman–Crippen MR) is 178 cm³/mol. The van der Waals surface area contributed by atoms with E-state index in [1.165, 1.54) is 55.2 Å². The van der Waals surface area contributed by atoms with Crippen molar-refractivity contribution < 1.29 is 9.59 Å². The van der Waals surface area contributed by atoms with Crippen LogP contribution in [-0.2, 0) is 11.3 Å². The Kier molecular flexibility index (Phi) is 12.6. The zero-order valence-electron chi connectivity index (χ0n) is 26.3. The molecule has 42 heavy (non-hydrogen) atoms. The summed E-state index contributed by atoms with van der Waals surface area (Å²) < 4.78 is 0. The molecule has 4 rings (SSSR count). The van der Waals surface area contributed by atoms with E-state index in [9.17, 15) is 9.59 Å². The van der Waals surface area contributed by atoms with Gasteiger partial charge in [0.1, 0.15) is 0 Å². The molecule has 2 atom stereocenters. The average molecular weight is 590 g/mol. The Hall–Kier alpha value is -2.57. The van der Waals surface area contributed by atoms with E-state index in [4.69, 9.17) is 0 Å². The highest BCUT2D eigenvalue weighted by Gasteiger charge is 2.40. The molecule has 2 amide bonds. The SMILES string of the molecule is CCCCN(CCCC)CCCNC(=O)c1ccc(/C=C2\SC3CCCCC3N(Cc3cc(C)ccc3C)C2=O)cc1. The zero-order chi connectivity index (χ0) is 29.9. The number of carbonyl (C=O) groups excluding carboxylic acids is 2. The van der Waals surface area contributed by atoms with Gasteiger partial charge in [0.25, 0.3) is 11.8 Å². The van der Waals surface area contributed by atoms with Crippen molar-refractivity contribution in [3.63, 3.8) is 0 Å². The molecule has 2 aromatic carbocycles. The van der Waals surface area contributed by atoms with E-state index >= 15 is 0 Å². The zero-order valence-corrected chi connectivity index (χ0v) is 27.1. The molecule has 1 aliphatic heterocycles. The molecule has 1 aliphatic carbocycles. The first-order chi connectivity index (χ1) is 20.4. The number of rotatable bonds is 14. The summed E-state index contributed by atoms with van der Waals surface area (Å²) in [6.07, 6.45) is 12.5. The molecule has 6 heteroatoms. The molecule has 1 N–H and O–H groups in total. The fraction of sp³-hybridized carbons (Fsp3) is 0.556. The van der Waals surface area contributed by atoms with Crippen LogP contribution >= 0.6 is 11.8 Å². The summed E-state index contributed by atoms with van der Waals surface area (Å²) in [5, 5.41) is 3.54. The van der Waals surface area contributed by atoms with Gasteiger partial charge in [-0.3, -0.25) is 9.59 Å². The maximum absolute atomic E-state index is 13.8. The summed E-state index contributed by atoms with van der Waals surface area (Å²) in [6, 6.07) is 14.5. The van der Waals surface area contributed by atoms with Crippen LogP contribution in [0, 0.1) is 13.8 Å². The number of benzene rings is 2. The lowest BCUT2D eigenvalue weighted by molar-refractivity contribution is -0.130.